The van der Waals surface area contributed by atoms with Gasteiger partial charge in [-0.25, -0.2) is 0 Å². The molecule has 2 N–H and O–H groups in total. The third-order valence-corrected chi connectivity index (χ3v) is 4.96. The normalized spacial score (nSPS) is 12.0. The molecule has 0 amide bonds. The van der Waals surface area contributed by atoms with Crippen molar-refractivity contribution in [3.8, 4) is 0 Å². The number of anilines is 1. The van der Waals surface area contributed by atoms with Crippen LogP contribution in [0.2, 0.25) is 0 Å². The van der Waals surface area contributed by atoms with Crippen LogP contribution in [-0.4, -0.2) is 24.7 Å². The molecule has 3 rings (SSSR count). The molecule has 0 spiro atoms. The monoisotopic (exact) mass is 382 g/mol. The highest BCUT2D eigenvalue weighted by Gasteiger charge is 2.14. The number of thiocarbonyl (C=S) groups is 1. The molecule has 0 aliphatic rings. The van der Waals surface area contributed by atoms with Gasteiger partial charge >= 0.3 is 0 Å². The highest BCUT2D eigenvalue weighted by Crippen LogP contribution is 2.17. The van der Waals surface area contributed by atoms with Crippen molar-refractivity contribution < 1.29 is 0 Å². The maximum Gasteiger partial charge on any atom is 0.171 e. The summed E-state index contributed by atoms with van der Waals surface area (Å²) in [6.07, 6.45) is 5.65. The second-order valence-electron chi connectivity index (χ2n) is 6.67. The fraction of sp³-hybridized carbons (Fsp3) is 0.350. The maximum atomic E-state index is 5.46. The minimum Gasteiger partial charge on any atom is -0.356 e. The fourth-order valence-corrected chi connectivity index (χ4v) is 3.42. The minimum absolute atomic E-state index is 0.0762. The van der Waals surface area contributed by atoms with Crippen molar-refractivity contribution in [3.63, 3.8) is 0 Å². The van der Waals surface area contributed by atoms with Gasteiger partial charge in [0.2, 0.25) is 0 Å². The number of benzene rings is 1. The lowest BCUT2D eigenvalue weighted by Gasteiger charge is -2.16. The molecule has 142 valence electrons. The molecule has 0 bridgehead atoms. The fourth-order valence-electron chi connectivity index (χ4n) is 3.12. The van der Waals surface area contributed by atoms with Crippen molar-refractivity contribution in [1.82, 2.24) is 24.9 Å². The van der Waals surface area contributed by atoms with Crippen LogP contribution in [-0.2, 0) is 13.1 Å². The second kappa shape index (κ2) is 8.35. The molecule has 27 heavy (non-hydrogen) atoms. The Kier molecular flexibility index (Phi) is 5.91. The Morgan fingerprint density at radius 2 is 1.96 bits per heavy atom. The second-order valence-corrected chi connectivity index (χ2v) is 7.08. The van der Waals surface area contributed by atoms with Crippen molar-refractivity contribution in [3.05, 3.63) is 65.2 Å². The van der Waals surface area contributed by atoms with E-state index in [9.17, 15) is 0 Å². The van der Waals surface area contributed by atoms with Crippen LogP contribution in [0.3, 0.4) is 0 Å². The van der Waals surface area contributed by atoms with E-state index in [2.05, 4.69) is 60.7 Å². The topological polar surface area (TPSA) is 59.7 Å². The Hall–Kier alpha value is -2.67. The number of aromatic nitrogens is 4. The van der Waals surface area contributed by atoms with Crippen LogP contribution < -0.4 is 10.6 Å². The first-order chi connectivity index (χ1) is 13.0. The zero-order valence-electron chi connectivity index (χ0n) is 16.2. The summed E-state index contributed by atoms with van der Waals surface area (Å²) in [4.78, 5) is 0. The summed E-state index contributed by atoms with van der Waals surface area (Å²) in [5.74, 6) is 0. The molecule has 0 aliphatic carbocycles. The number of rotatable bonds is 6. The van der Waals surface area contributed by atoms with Gasteiger partial charge in [-0.3, -0.25) is 9.36 Å². The molecule has 6 nitrogen and oxygen atoms in total. The number of aryl methyl sites for hydroxylation is 2. The Morgan fingerprint density at radius 3 is 2.67 bits per heavy atom. The quantitative estimate of drug-likeness (QED) is 0.635. The molecule has 3 aromatic rings. The van der Waals surface area contributed by atoms with E-state index >= 15 is 0 Å². The van der Waals surface area contributed by atoms with E-state index in [0.717, 1.165) is 30.0 Å². The van der Waals surface area contributed by atoms with Crippen LogP contribution in [0.5, 0.6) is 0 Å². The van der Waals surface area contributed by atoms with Gasteiger partial charge in [-0.15, -0.1) is 0 Å². The van der Waals surface area contributed by atoms with E-state index in [-0.39, 0.29) is 6.04 Å². The van der Waals surface area contributed by atoms with Gasteiger partial charge in [-0.2, -0.15) is 10.2 Å². The van der Waals surface area contributed by atoms with Gasteiger partial charge in [0.05, 0.1) is 30.7 Å². The maximum absolute atomic E-state index is 5.46. The summed E-state index contributed by atoms with van der Waals surface area (Å²) in [5.41, 5.74) is 5.69. The minimum atomic E-state index is 0.0762. The van der Waals surface area contributed by atoms with E-state index in [1.165, 1.54) is 11.1 Å². The average molecular weight is 383 g/mol. The Bertz CT molecular complexity index is 926. The number of hydrogen-bond donors (Lipinski definition) is 2. The Labute approximate surface area is 165 Å². The van der Waals surface area contributed by atoms with Gasteiger partial charge in [0.15, 0.2) is 5.11 Å². The average Bonchev–Trinajstić information content (AvgIpc) is 3.22. The van der Waals surface area contributed by atoms with Gasteiger partial charge in [-0.05, 0) is 51.0 Å². The lowest BCUT2D eigenvalue weighted by molar-refractivity contribution is 0.633. The Morgan fingerprint density at radius 1 is 1.19 bits per heavy atom. The third kappa shape index (κ3) is 4.54. The third-order valence-electron chi connectivity index (χ3n) is 4.74. The summed E-state index contributed by atoms with van der Waals surface area (Å²) in [7, 11) is 0. The number of nitrogens with zero attached hydrogens (tertiary/aromatic N) is 4. The first-order valence-corrected chi connectivity index (χ1v) is 9.55. The van der Waals surface area contributed by atoms with Gasteiger partial charge in [0.1, 0.15) is 0 Å². The van der Waals surface area contributed by atoms with Crippen molar-refractivity contribution in [2.75, 3.05) is 5.32 Å². The summed E-state index contributed by atoms with van der Waals surface area (Å²) in [6.45, 7) is 9.96. The number of nitrogens with one attached hydrogen (secondary N) is 2. The van der Waals surface area contributed by atoms with E-state index in [4.69, 9.17) is 12.2 Å². The molecule has 1 aromatic carbocycles. The molecule has 0 fully saturated rings. The van der Waals surface area contributed by atoms with Crippen molar-refractivity contribution in [2.45, 2.75) is 46.8 Å². The molecule has 0 radical (unpaired) electrons. The smallest absolute Gasteiger partial charge is 0.171 e. The summed E-state index contributed by atoms with van der Waals surface area (Å²) < 4.78 is 3.89. The van der Waals surface area contributed by atoms with Crippen LogP contribution in [0.4, 0.5) is 5.69 Å². The van der Waals surface area contributed by atoms with Crippen LogP contribution >= 0.6 is 12.2 Å². The van der Waals surface area contributed by atoms with Crippen molar-refractivity contribution in [2.24, 2.45) is 0 Å². The van der Waals surface area contributed by atoms with E-state index < -0.39 is 0 Å². The van der Waals surface area contributed by atoms with Gasteiger partial charge in [0.25, 0.3) is 0 Å². The highest BCUT2D eigenvalue weighted by atomic mass is 32.1. The summed E-state index contributed by atoms with van der Waals surface area (Å²) in [5, 5.41) is 15.9. The lowest BCUT2D eigenvalue weighted by atomic mass is 10.1. The zero-order chi connectivity index (χ0) is 19.4. The summed E-state index contributed by atoms with van der Waals surface area (Å²) >= 11 is 5.46. The van der Waals surface area contributed by atoms with Gasteiger partial charge in [0, 0.05) is 24.0 Å². The first kappa shape index (κ1) is 19.1. The molecule has 7 heteroatoms. The van der Waals surface area contributed by atoms with E-state index in [1.807, 2.05) is 33.9 Å². The lowest BCUT2D eigenvalue weighted by Crippen LogP contribution is -2.31. The van der Waals surface area contributed by atoms with Crippen LogP contribution in [0.25, 0.3) is 0 Å². The van der Waals surface area contributed by atoms with Crippen LogP contribution in [0.1, 0.15) is 42.3 Å². The first-order valence-electron chi connectivity index (χ1n) is 9.14. The molecule has 0 aliphatic heterocycles. The van der Waals surface area contributed by atoms with E-state index in [1.54, 1.807) is 6.20 Å². The molecular weight excluding hydrogens is 356 g/mol. The van der Waals surface area contributed by atoms with Crippen molar-refractivity contribution >= 4 is 23.0 Å². The van der Waals surface area contributed by atoms with Crippen LogP contribution in [0, 0.1) is 13.8 Å². The number of hydrogen-bond acceptors (Lipinski definition) is 3. The molecule has 0 saturated carbocycles. The molecule has 1 unspecified atom stereocenters. The molecule has 2 heterocycles. The van der Waals surface area contributed by atoms with Crippen molar-refractivity contribution in [1.29, 1.82) is 0 Å². The SMILES string of the molecule is CCn1ncc(C(C)NC(=S)Nc2cnn(Cc3ccccc3C)c2)c1C. The molecule has 1 atom stereocenters. The standard InChI is InChI=1S/C20H26N6S/c1-5-26-16(4)19(11-22-26)15(3)23-20(27)24-18-10-21-25(13-18)12-17-9-7-6-8-14(17)2/h6-11,13,15H,5,12H2,1-4H3,(H2,23,24,27). The predicted molar refractivity (Wildman–Crippen MR) is 113 cm³/mol. The molecule has 2 aromatic heterocycles. The van der Waals surface area contributed by atoms with Gasteiger partial charge in [-0.1, -0.05) is 24.3 Å². The Balaban J connectivity index is 1.59. The predicted octanol–water partition coefficient (Wildman–Crippen LogP) is 3.81. The van der Waals surface area contributed by atoms with Crippen LogP contribution in [0.15, 0.2) is 42.9 Å². The van der Waals surface area contributed by atoms with E-state index in [0.29, 0.717) is 5.11 Å². The summed E-state index contributed by atoms with van der Waals surface area (Å²) in [6, 6.07) is 8.41. The van der Waals surface area contributed by atoms with Gasteiger partial charge < -0.3 is 10.6 Å². The zero-order valence-corrected chi connectivity index (χ0v) is 17.0. The molecular formula is C20H26N6S. The molecule has 0 saturated heterocycles. The largest absolute Gasteiger partial charge is 0.356 e. The highest BCUT2D eigenvalue weighted by molar-refractivity contribution is 7.80.